The van der Waals surface area contributed by atoms with Crippen LogP contribution in [0.25, 0.3) is 11.3 Å². The van der Waals surface area contributed by atoms with Gasteiger partial charge in [-0.15, -0.1) is 0 Å². The van der Waals surface area contributed by atoms with Gasteiger partial charge in [0.25, 0.3) is 0 Å². The van der Waals surface area contributed by atoms with Crippen molar-refractivity contribution >= 4 is 34.5 Å². The lowest BCUT2D eigenvalue weighted by Gasteiger charge is -2.18. The Morgan fingerprint density at radius 2 is 1.67 bits per heavy atom. The number of anilines is 2. The molecule has 7 nitrogen and oxygen atoms in total. The molecule has 1 aliphatic rings. The highest BCUT2D eigenvalue weighted by Gasteiger charge is 2.16. The minimum atomic E-state index is -0.352. The van der Waals surface area contributed by atoms with Crippen molar-refractivity contribution in [3.05, 3.63) is 78.4 Å². The second kappa shape index (κ2) is 12.2. The van der Waals surface area contributed by atoms with E-state index < -0.39 is 0 Å². The summed E-state index contributed by atoms with van der Waals surface area (Å²) in [6.07, 6.45) is 5.69. The first kappa shape index (κ1) is 26.8. The van der Waals surface area contributed by atoms with Gasteiger partial charge in [-0.25, -0.2) is 0 Å². The van der Waals surface area contributed by atoms with Gasteiger partial charge in [0.05, 0.1) is 6.61 Å². The molecule has 0 unspecified atom stereocenters. The molecule has 2 aromatic carbocycles. The number of rotatable bonds is 10. The van der Waals surface area contributed by atoms with Crippen molar-refractivity contribution in [1.82, 2.24) is 5.32 Å². The van der Waals surface area contributed by atoms with Crippen molar-refractivity contribution in [2.45, 2.75) is 27.2 Å². The Labute approximate surface area is 213 Å². The summed E-state index contributed by atoms with van der Waals surface area (Å²) in [6, 6.07) is 13.3. The van der Waals surface area contributed by atoms with Gasteiger partial charge in [-0.3, -0.25) is 9.59 Å². The van der Waals surface area contributed by atoms with Crippen LogP contribution in [0.1, 0.15) is 38.3 Å². The zero-order valence-corrected chi connectivity index (χ0v) is 21.4. The lowest BCUT2D eigenvalue weighted by atomic mass is 9.97. The van der Waals surface area contributed by atoms with Crippen LogP contribution < -0.4 is 20.7 Å². The molecule has 2 amide bonds. The number of hydrogen-bond acceptors (Lipinski definition) is 5. The molecule has 36 heavy (non-hydrogen) atoms. The fraction of sp³-hybridized carbons (Fsp3) is 0.310. The summed E-state index contributed by atoms with van der Waals surface area (Å²) in [7, 11) is 1.64. The molecule has 0 fully saturated rings. The van der Waals surface area contributed by atoms with Crippen molar-refractivity contribution in [3.8, 4) is 5.75 Å². The zero-order valence-electron chi connectivity index (χ0n) is 21.4. The minimum Gasteiger partial charge on any atom is -0.491 e. The Bertz CT molecular complexity index is 1160. The summed E-state index contributed by atoms with van der Waals surface area (Å²) >= 11 is 0. The predicted molar refractivity (Wildman–Crippen MR) is 146 cm³/mol. The molecule has 0 atom stereocenters. The number of methoxy groups -OCH3 is 1. The van der Waals surface area contributed by atoms with Crippen LogP contribution in [0, 0.1) is 5.41 Å². The minimum absolute atomic E-state index is 0.0363. The van der Waals surface area contributed by atoms with Gasteiger partial charge >= 0.3 is 0 Å². The topological polar surface area (TPSA) is 88.7 Å². The maximum Gasteiger partial charge on any atom is 0.233 e. The largest absolute Gasteiger partial charge is 0.491 e. The van der Waals surface area contributed by atoms with E-state index in [1.807, 2.05) is 69.3 Å². The normalized spacial score (nSPS) is 12.8. The summed E-state index contributed by atoms with van der Waals surface area (Å²) in [5.74, 6) is 0.116. The third kappa shape index (κ3) is 8.13. The van der Waals surface area contributed by atoms with E-state index in [9.17, 15) is 9.59 Å². The van der Waals surface area contributed by atoms with Gasteiger partial charge in [-0.1, -0.05) is 39.5 Å². The third-order valence-electron chi connectivity index (χ3n) is 5.33. The zero-order chi connectivity index (χ0) is 26.1. The van der Waals surface area contributed by atoms with Gasteiger partial charge in [0, 0.05) is 36.3 Å². The van der Waals surface area contributed by atoms with E-state index in [1.54, 1.807) is 19.2 Å². The van der Waals surface area contributed by atoms with Crippen LogP contribution >= 0.6 is 0 Å². The number of carbonyl (C=O) groups excluding carboxylic acids is 2. The van der Waals surface area contributed by atoms with Crippen molar-refractivity contribution < 1.29 is 19.1 Å². The maximum absolute atomic E-state index is 12.2. The lowest BCUT2D eigenvalue weighted by Crippen LogP contribution is -2.34. The van der Waals surface area contributed by atoms with E-state index in [1.165, 1.54) is 0 Å². The molecule has 0 aromatic heterocycles. The smallest absolute Gasteiger partial charge is 0.233 e. The van der Waals surface area contributed by atoms with Crippen LogP contribution in [0.4, 0.5) is 11.4 Å². The van der Waals surface area contributed by atoms with Crippen LogP contribution in [-0.2, 0) is 14.3 Å². The van der Waals surface area contributed by atoms with Crippen LogP contribution in [0.15, 0.2) is 67.3 Å². The van der Waals surface area contributed by atoms with Gasteiger partial charge in [-0.05, 0) is 65.1 Å². The van der Waals surface area contributed by atoms with E-state index in [0.29, 0.717) is 25.4 Å². The first-order chi connectivity index (χ1) is 17.1. The molecule has 0 saturated heterocycles. The maximum atomic E-state index is 12.2. The second-order valence-corrected chi connectivity index (χ2v) is 9.78. The molecular formula is C29H35N3O4. The lowest BCUT2D eigenvalue weighted by molar-refractivity contribution is -0.127. The fourth-order valence-corrected chi connectivity index (χ4v) is 3.48. The molecule has 0 heterocycles. The van der Waals surface area contributed by atoms with E-state index in [4.69, 9.17) is 9.47 Å². The molecule has 3 rings (SSSR count). The number of benzene rings is 2. The average molecular weight is 490 g/mol. The molecule has 190 valence electrons. The highest BCUT2D eigenvalue weighted by atomic mass is 16.5. The summed E-state index contributed by atoms with van der Waals surface area (Å²) in [5, 5.41) is 9.00. The van der Waals surface area contributed by atoms with Gasteiger partial charge in [0.15, 0.2) is 0 Å². The Kier molecular flexibility index (Phi) is 9.08. The van der Waals surface area contributed by atoms with Gasteiger partial charge in [0.2, 0.25) is 11.8 Å². The summed E-state index contributed by atoms with van der Waals surface area (Å²) in [4.78, 5) is 24.2. The third-order valence-corrected chi connectivity index (χ3v) is 5.33. The standard InChI is InChI=1S/C29H35N3O4/c1-20-7-6-8-26(24-14-13-23(17-25(20)24)36-16-15-35-5)31-21-9-11-22(12-10-21)32-28(34)18-27(33)30-19-29(2,3)4/h6-14,17,31H,1,15-16,18-19H2,2-5H3,(H,30,33)(H,32,34). The predicted octanol–water partition coefficient (Wildman–Crippen LogP) is 5.24. The van der Waals surface area contributed by atoms with Crippen LogP contribution in [0.5, 0.6) is 5.75 Å². The van der Waals surface area contributed by atoms with Gasteiger partial charge < -0.3 is 25.4 Å². The number of amides is 2. The molecular weight excluding hydrogens is 454 g/mol. The molecule has 7 heteroatoms. The molecule has 2 aromatic rings. The number of hydrogen-bond donors (Lipinski definition) is 3. The average Bonchev–Trinajstić information content (AvgIpc) is 2.97. The van der Waals surface area contributed by atoms with Crippen LogP contribution in [0.2, 0.25) is 0 Å². The number of allylic oxidation sites excluding steroid dienone is 4. The van der Waals surface area contributed by atoms with Gasteiger partial charge in [-0.2, -0.15) is 0 Å². The van der Waals surface area contributed by atoms with Crippen molar-refractivity contribution in [2.24, 2.45) is 5.41 Å². The fourth-order valence-electron chi connectivity index (χ4n) is 3.48. The molecule has 0 radical (unpaired) electrons. The number of carbonyl (C=O) groups is 2. The quantitative estimate of drug-likeness (QED) is 0.314. The second-order valence-electron chi connectivity index (χ2n) is 9.78. The van der Waals surface area contributed by atoms with Crippen molar-refractivity contribution in [3.63, 3.8) is 0 Å². The Balaban J connectivity index is 1.63. The highest BCUT2D eigenvalue weighted by Crippen LogP contribution is 2.32. The van der Waals surface area contributed by atoms with Gasteiger partial charge in [0.1, 0.15) is 18.8 Å². The molecule has 0 aliphatic heterocycles. The summed E-state index contributed by atoms with van der Waals surface area (Å²) < 4.78 is 10.8. The SMILES string of the molecule is C=C1C=CC=C(Nc2ccc(NC(=O)CC(=O)NCC(C)(C)C)cc2)c2ccc(OCCOC)cc21. The van der Waals surface area contributed by atoms with E-state index in [-0.39, 0.29) is 23.7 Å². The Hall–Kier alpha value is -3.84. The molecule has 0 bridgehead atoms. The Morgan fingerprint density at radius 1 is 0.944 bits per heavy atom. The molecule has 0 saturated carbocycles. The summed E-state index contributed by atoms with van der Waals surface area (Å²) in [6.45, 7) is 11.8. The van der Waals surface area contributed by atoms with Crippen LogP contribution in [0.3, 0.4) is 0 Å². The highest BCUT2D eigenvalue weighted by molar-refractivity contribution is 6.03. The van der Waals surface area contributed by atoms with E-state index >= 15 is 0 Å². The van der Waals surface area contributed by atoms with Crippen molar-refractivity contribution in [1.29, 1.82) is 0 Å². The summed E-state index contributed by atoms with van der Waals surface area (Å²) in [5.41, 5.74) is 5.22. The monoisotopic (exact) mass is 489 g/mol. The van der Waals surface area contributed by atoms with E-state index in [2.05, 4.69) is 22.5 Å². The molecule has 0 spiro atoms. The van der Waals surface area contributed by atoms with E-state index in [0.717, 1.165) is 33.8 Å². The molecule has 1 aliphatic carbocycles. The first-order valence-corrected chi connectivity index (χ1v) is 11.9. The first-order valence-electron chi connectivity index (χ1n) is 11.9. The number of nitrogens with one attached hydrogen (secondary N) is 3. The Morgan fingerprint density at radius 3 is 2.36 bits per heavy atom. The number of ether oxygens (including phenoxy) is 2. The number of fused-ring (bicyclic) bond motifs is 1. The molecule has 3 N–H and O–H groups in total. The van der Waals surface area contributed by atoms with Crippen LogP contribution in [-0.4, -0.2) is 38.7 Å². The van der Waals surface area contributed by atoms with Crippen molar-refractivity contribution in [2.75, 3.05) is 37.5 Å².